The molecule has 5 rings (SSSR count). The lowest BCUT2D eigenvalue weighted by Gasteiger charge is -2.34. The number of nitrogens with two attached hydrogens (primary N) is 2. The molecule has 1 aliphatic carbocycles. The van der Waals surface area contributed by atoms with E-state index in [0.29, 0.717) is 5.69 Å². The summed E-state index contributed by atoms with van der Waals surface area (Å²) in [4.78, 5) is 13.3. The zero-order valence-corrected chi connectivity index (χ0v) is 19.2. The second kappa shape index (κ2) is 7.18. The maximum atomic E-state index is 7.54. The molecule has 0 aliphatic heterocycles. The van der Waals surface area contributed by atoms with Crippen LogP contribution in [0.25, 0.3) is 16.1 Å². The Hall–Kier alpha value is -4.17. The number of aryl methyl sites for hydroxylation is 4. The lowest BCUT2D eigenvalue weighted by molar-refractivity contribution is 0.731. The molecule has 33 heavy (non-hydrogen) atoms. The SMILES string of the molecule is [C-]#[N+]c1ccc2c(c1)-c1nccnc1C2(c1cc(C)c(N)c(C)c1)c1cc(C)c(N)c(C)c1. The highest BCUT2D eigenvalue weighted by molar-refractivity contribution is 5.85. The van der Waals surface area contributed by atoms with Gasteiger partial charge in [-0.15, -0.1) is 0 Å². The molecule has 1 aliphatic rings. The number of anilines is 2. The van der Waals surface area contributed by atoms with E-state index in [-0.39, 0.29) is 0 Å². The molecule has 1 aromatic heterocycles. The Labute approximate surface area is 194 Å². The van der Waals surface area contributed by atoms with Crippen molar-refractivity contribution < 1.29 is 0 Å². The average Bonchev–Trinajstić information content (AvgIpc) is 3.11. The highest BCUT2D eigenvalue weighted by Crippen LogP contribution is 2.56. The molecule has 4 N–H and O–H groups in total. The Morgan fingerprint density at radius 3 is 1.79 bits per heavy atom. The van der Waals surface area contributed by atoms with Crippen LogP contribution in [0.1, 0.15) is 44.6 Å². The summed E-state index contributed by atoms with van der Waals surface area (Å²) >= 11 is 0. The van der Waals surface area contributed by atoms with Crippen molar-refractivity contribution in [3.63, 3.8) is 0 Å². The minimum absolute atomic E-state index is 0.579. The van der Waals surface area contributed by atoms with Crippen LogP contribution in [-0.2, 0) is 5.41 Å². The van der Waals surface area contributed by atoms with Crippen LogP contribution in [0.3, 0.4) is 0 Å². The first-order valence-corrected chi connectivity index (χ1v) is 10.9. The van der Waals surface area contributed by atoms with Crippen molar-refractivity contribution >= 4 is 17.1 Å². The third-order valence-corrected chi connectivity index (χ3v) is 6.90. The Kier molecular flexibility index (Phi) is 4.51. The Morgan fingerprint density at radius 2 is 1.27 bits per heavy atom. The van der Waals surface area contributed by atoms with Gasteiger partial charge in [0.2, 0.25) is 0 Å². The normalized spacial score (nSPS) is 13.3. The summed E-state index contributed by atoms with van der Waals surface area (Å²) < 4.78 is 0. The molecule has 4 aromatic rings. The number of fused-ring (bicyclic) bond motifs is 3. The molecule has 1 heterocycles. The van der Waals surface area contributed by atoms with Crippen LogP contribution in [0, 0.1) is 34.3 Å². The van der Waals surface area contributed by atoms with Gasteiger partial charge in [0.05, 0.1) is 23.4 Å². The summed E-state index contributed by atoms with van der Waals surface area (Å²) in [7, 11) is 0. The summed E-state index contributed by atoms with van der Waals surface area (Å²) in [6.45, 7) is 15.7. The minimum atomic E-state index is -0.702. The lowest BCUT2D eigenvalue weighted by Crippen LogP contribution is -2.30. The second-order valence-electron chi connectivity index (χ2n) is 8.89. The van der Waals surface area contributed by atoms with E-state index in [4.69, 9.17) is 28.0 Å². The fraction of sp³-hybridized carbons (Fsp3) is 0.179. The van der Waals surface area contributed by atoms with Gasteiger partial charge in [-0.3, -0.25) is 9.97 Å². The van der Waals surface area contributed by atoms with Crippen molar-refractivity contribution in [2.75, 3.05) is 11.5 Å². The van der Waals surface area contributed by atoms with Gasteiger partial charge < -0.3 is 11.5 Å². The second-order valence-corrected chi connectivity index (χ2v) is 8.89. The average molecular weight is 432 g/mol. The lowest BCUT2D eigenvalue weighted by atomic mass is 9.68. The molecule has 0 amide bonds. The molecule has 5 heteroatoms. The first-order chi connectivity index (χ1) is 15.8. The van der Waals surface area contributed by atoms with E-state index in [9.17, 15) is 0 Å². The summed E-state index contributed by atoms with van der Waals surface area (Å²) in [5.41, 5.74) is 24.0. The highest BCUT2D eigenvalue weighted by atomic mass is 14.8. The largest absolute Gasteiger partial charge is 0.398 e. The standard InChI is InChI=1S/C28H25N5/c1-15-10-19(11-16(2)24(15)29)28(20-12-17(3)25(30)18(4)13-20)23-7-6-21(31-5)14-22(23)26-27(28)33-9-8-32-26/h6-14H,29-30H2,1-4H3. The molecular weight excluding hydrogens is 406 g/mol. The van der Waals surface area contributed by atoms with E-state index < -0.39 is 5.41 Å². The predicted octanol–water partition coefficient (Wildman–Crippen LogP) is 5.79. The van der Waals surface area contributed by atoms with Crippen LogP contribution in [-0.4, -0.2) is 9.97 Å². The van der Waals surface area contributed by atoms with Crippen LogP contribution in [0.5, 0.6) is 0 Å². The number of benzene rings is 3. The zero-order chi connectivity index (χ0) is 23.5. The summed E-state index contributed by atoms with van der Waals surface area (Å²) in [6.07, 6.45) is 3.45. The number of rotatable bonds is 2. The van der Waals surface area contributed by atoms with E-state index in [1.807, 2.05) is 45.9 Å². The smallest absolute Gasteiger partial charge is 0.187 e. The molecule has 0 fully saturated rings. The number of nitrogen functional groups attached to an aromatic ring is 2. The van der Waals surface area contributed by atoms with E-state index in [0.717, 1.165) is 67.3 Å². The van der Waals surface area contributed by atoms with Crippen molar-refractivity contribution in [3.8, 4) is 11.3 Å². The van der Waals surface area contributed by atoms with Crippen LogP contribution >= 0.6 is 0 Å². The fourth-order valence-electron chi connectivity index (χ4n) is 5.20. The Balaban J connectivity index is 2.01. The molecule has 0 radical (unpaired) electrons. The third kappa shape index (κ3) is 2.77. The molecule has 0 atom stereocenters. The van der Waals surface area contributed by atoms with Crippen LogP contribution in [0.4, 0.5) is 17.1 Å². The molecule has 3 aromatic carbocycles. The summed E-state index contributed by atoms with van der Waals surface area (Å²) in [5, 5.41) is 0. The predicted molar refractivity (Wildman–Crippen MR) is 133 cm³/mol. The van der Waals surface area contributed by atoms with Gasteiger partial charge in [-0.05, 0) is 78.3 Å². The van der Waals surface area contributed by atoms with Crippen molar-refractivity contribution in [3.05, 3.63) is 111 Å². The fourth-order valence-corrected chi connectivity index (χ4v) is 5.20. The molecule has 5 nitrogen and oxygen atoms in total. The van der Waals surface area contributed by atoms with Crippen molar-refractivity contribution in [2.45, 2.75) is 33.1 Å². The topological polar surface area (TPSA) is 82.2 Å². The Morgan fingerprint density at radius 1 is 0.758 bits per heavy atom. The third-order valence-electron chi connectivity index (χ3n) is 6.90. The van der Waals surface area contributed by atoms with Crippen LogP contribution in [0.15, 0.2) is 54.9 Å². The first-order valence-electron chi connectivity index (χ1n) is 10.9. The van der Waals surface area contributed by atoms with E-state index >= 15 is 0 Å². The van der Waals surface area contributed by atoms with Gasteiger partial charge >= 0.3 is 0 Å². The highest BCUT2D eigenvalue weighted by Gasteiger charge is 2.48. The molecular formula is C28H25N5. The monoisotopic (exact) mass is 431 g/mol. The van der Waals surface area contributed by atoms with Gasteiger partial charge in [-0.25, -0.2) is 4.85 Å². The molecule has 0 saturated carbocycles. The van der Waals surface area contributed by atoms with Crippen LogP contribution < -0.4 is 11.5 Å². The molecule has 0 saturated heterocycles. The molecule has 162 valence electrons. The number of nitrogens with zero attached hydrogens (tertiary/aromatic N) is 3. The number of hydrogen-bond acceptors (Lipinski definition) is 4. The maximum Gasteiger partial charge on any atom is 0.187 e. The Bertz CT molecular complexity index is 1390. The molecule has 0 spiro atoms. The summed E-state index contributed by atoms with van der Waals surface area (Å²) in [5.74, 6) is 0. The van der Waals surface area contributed by atoms with Gasteiger partial charge in [0, 0.05) is 23.8 Å². The van der Waals surface area contributed by atoms with Gasteiger partial charge in [-0.1, -0.05) is 36.4 Å². The van der Waals surface area contributed by atoms with Crippen LogP contribution in [0.2, 0.25) is 0 Å². The van der Waals surface area contributed by atoms with Gasteiger partial charge in [-0.2, -0.15) is 0 Å². The zero-order valence-electron chi connectivity index (χ0n) is 19.2. The van der Waals surface area contributed by atoms with E-state index in [1.54, 1.807) is 12.4 Å². The van der Waals surface area contributed by atoms with E-state index in [2.05, 4.69) is 29.1 Å². The van der Waals surface area contributed by atoms with Crippen molar-refractivity contribution in [1.82, 2.24) is 9.97 Å². The van der Waals surface area contributed by atoms with Crippen molar-refractivity contribution in [1.29, 1.82) is 0 Å². The molecule has 0 unspecified atom stereocenters. The number of hydrogen-bond donors (Lipinski definition) is 2. The minimum Gasteiger partial charge on any atom is -0.398 e. The quantitative estimate of drug-likeness (QED) is 0.274. The summed E-state index contributed by atoms with van der Waals surface area (Å²) in [6, 6.07) is 14.5. The van der Waals surface area contributed by atoms with Gasteiger partial charge in [0.1, 0.15) is 0 Å². The van der Waals surface area contributed by atoms with Gasteiger partial charge in [0.15, 0.2) is 5.69 Å². The van der Waals surface area contributed by atoms with E-state index in [1.165, 1.54) is 0 Å². The van der Waals surface area contributed by atoms with Gasteiger partial charge in [0.25, 0.3) is 0 Å². The first kappa shape index (κ1) is 20.7. The molecule has 0 bridgehead atoms. The number of aromatic nitrogens is 2. The maximum absolute atomic E-state index is 7.54. The van der Waals surface area contributed by atoms with Crippen molar-refractivity contribution in [2.24, 2.45) is 0 Å².